The highest BCUT2D eigenvalue weighted by Gasteiger charge is 2.37. The minimum absolute atomic E-state index is 0.0111. The molecule has 3 N–H and O–H groups in total. The number of benzene rings is 4. The first-order chi connectivity index (χ1) is 29.3. The maximum Gasteiger partial charge on any atom is 0.418 e. The van der Waals surface area contributed by atoms with Crippen molar-refractivity contribution >= 4 is 40.9 Å². The topological polar surface area (TPSA) is 156 Å². The average Bonchev–Trinajstić information content (AvgIpc) is 3.90. The molecule has 5 aromatic rings. The van der Waals surface area contributed by atoms with Crippen LogP contribution in [0.4, 0.5) is 29.3 Å². The molecule has 2 amide bonds. The number of nitrogens with two attached hydrogens (primary N) is 1. The second-order valence-corrected chi connectivity index (χ2v) is 15.9. The molecule has 3 aliphatic rings. The fourth-order valence-electron chi connectivity index (χ4n) is 8.19. The summed E-state index contributed by atoms with van der Waals surface area (Å²) in [4.78, 5) is 61.3. The number of rotatable bonds is 9. The zero-order valence-electron chi connectivity index (χ0n) is 33.0. The van der Waals surface area contributed by atoms with Crippen LogP contribution in [0.1, 0.15) is 57.9 Å². The number of nitrogens with one attached hydrogen (secondary N) is 1. The largest absolute Gasteiger partial charge is 0.436 e. The molecule has 2 fully saturated rings. The van der Waals surface area contributed by atoms with Gasteiger partial charge in [-0.05, 0) is 97.3 Å². The number of carbonyl (C=O) groups excluding carboxylic acids is 3. The highest BCUT2D eigenvalue weighted by molar-refractivity contribution is 6.33. The quantitative estimate of drug-likeness (QED) is 0.0912. The number of hydrogen-bond donors (Lipinski definition) is 2. The van der Waals surface area contributed by atoms with Gasteiger partial charge in [0.1, 0.15) is 5.75 Å². The monoisotopic (exact) mass is 857 g/mol. The molecule has 2 saturated heterocycles. The maximum atomic E-state index is 14.2. The summed E-state index contributed by atoms with van der Waals surface area (Å²) in [6, 6.07) is 23.6. The van der Waals surface area contributed by atoms with E-state index < -0.39 is 47.9 Å². The van der Waals surface area contributed by atoms with Crippen molar-refractivity contribution in [2.45, 2.75) is 56.8 Å². The Hall–Kier alpha value is -6.29. The number of hydrogen-bond acceptors (Lipinski definition) is 9. The van der Waals surface area contributed by atoms with Crippen molar-refractivity contribution in [3.63, 3.8) is 0 Å². The number of esters is 1. The number of nitrogens with zero attached hydrogens (tertiary/aromatic N) is 5. The molecule has 2 aliphatic heterocycles. The third-order valence-corrected chi connectivity index (χ3v) is 11.8. The van der Waals surface area contributed by atoms with E-state index in [0.717, 1.165) is 36.6 Å². The third kappa shape index (κ3) is 9.23. The first-order valence-electron chi connectivity index (χ1n) is 20.1. The fraction of sp³-hybridized carbons (Fsp3) is 0.341. The molecule has 1 atom stereocenters. The Kier molecular flexibility index (Phi) is 11.8. The summed E-state index contributed by atoms with van der Waals surface area (Å²) < 4.78 is 54.6. The van der Waals surface area contributed by atoms with Crippen molar-refractivity contribution in [2.24, 2.45) is 0 Å². The molecule has 0 saturated carbocycles. The lowest BCUT2D eigenvalue weighted by molar-refractivity contribution is -0.141. The van der Waals surface area contributed by atoms with Crippen LogP contribution in [0, 0.1) is 0 Å². The number of aromatic amines is 1. The number of carbonyl (C=O) groups is 3. The zero-order valence-corrected chi connectivity index (χ0v) is 33.8. The number of nitrogen functional groups attached to an aromatic ring is 1. The fourth-order valence-corrected chi connectivity index (χ4v) is 8.44. The van der Waals surface area contributed by atoms with Crippen LogP contribution in [-0.4, -0.2) is 87.9 Å². The number of amides is 2. The third-order valence-electron chi connectivity index (χ3n) is 11.5. The number of ether oxygens (including phenoxy) is 2. The molecule has 17 heteroatoms. The smallest absolute Gasteiger partial charge is 0.418 e. The number of likely N-dealkylation sites (tertiary alicyclic amines) is 1. The molecular formula is C44H43ClF3N7O6. The molecular weight excluding hydrogens is 815 g/mol. The summed E-state index contributed by atoms with van der Waals surface area (Å²) in [6.07, 6.45) is -3.69. The van der Waals surface area contributed by atoms with E-state index in [4.69, 9.17) is 26.8 Å². The van der Waals surface area contributed by atoms with Gasteiger partial charge in [-0.3, -0.25) is 9.78 Å². The molecule has 13 nitrogen and oxygen atoms in total. The number of H-pyrrole nitrogens is 1. The number of anilines is 2. The zero-order chi connectivity index (χ0) is 42.8. The first kappa shape index (κ1) is 41.4. The molecule has 4 aromatic carbocycles. The minimum Gasteiger partial charge on any atom is -0.436 e. The van der Waals surface area contributed by atoms with E-state index in [9.17, 15) is 32.3 Å². The summed E-state index contributed by atoms with van der Waals surface area (Å²) in [6.45, 7) is 1.59. The number of piperazine rings is 1. The van der Waals surface area contributed by atoms with E-state index >= 15 is 0 Å². The number of alkyl halides is 3. The van der Waals surface area contributed by atoms with E-state index in [1.807, 2.05) is 53.4 Å². The van der Waals surface area contributed by atoms with Crippen LogP contribution >= 0.6 is 11.6 Å². The van der Waals surface area contributed by atoms with Gasteiger partial charge in [0, 0.05) is 56.9 Å². The van der Waals surface area contributed by atoms with Crippen molar-refractivity contribution in [3.8, 4) is 17.1 Å². The van der Waals surface area contributed by atoms with Crippen molar-refractivity contribution in [2.75, 3.05) is 49.9 Å². The van der Waals surface area contributed by atoms with Crippen molar-refractivity contribution in [1.29, 1.82) is 0 Å². The molecule has 1 aromatic heterocycles. The Balaban J connectivity index is 0.920. The second-order valence-electron chi connectivity index (χ2n) is 15.5. The Morgan fingerprint density at radius 2 is 1.57 bits per heavy atom. The maximum absolute atomic E-state index is 14.2. The molecule has 318 valence electrons. The van der Waals surface area contributed by atoms with Gasteiger partial charge in [0.25, 0.3) is 5.91 Å². The van der Waals surface area contributed by atoms with Crippen LogP contribution < -0.4 is 21.1 Å². The number of aryl methyl sites for hydroxylation is 2. The van der Waals surface area contributed by atoms with E-state index in [0.29, 0.717) is 43.1 Å². The van der Waals surface area contributed by atoms with E-state index in [1.54, 1.807) is 24.3 Å². The van der Waals surface area contributed by atoms with E-state index in [1.165, 1.54) is 31.7 Å². The molecule has 0 unspecified atom stereocenters. The highest BCUT2D eigenvalue weighted by atomic mass is 35.5. The second kappa shape index (κ2) is 17.4. The summed E-state index contributed by atoms with van der Waals surface area (Å²) in [5, 5.41) is 4.14. The molecule has 0 bridgehead atoms. The van der Waals surface area contributed by atoms with E-state index in [-0.39, 0.29) is 48.5 Å². The lowest BCUT2D eigenvalue weighted by Crippen LogP contribution is -2.53. The van der Waals surface area contributed by atoms with Gasteiger partial charge >= 0.3 is 23.9 Å². The molecule has 1 aliphatic carbocycles. The predicted octanol–water partition coefficient (Wildman–Crippen LogP) is 6.93. The summed E-state index contributed by atoms with van der Waals surface area (Å²) in [5.74, 6) is -0.122. The van der Waals surface area contributed by atoms with Gasteiger partial charge in [-0.1, -0.05) is 48.0 Å². The Morgan fingerprint density at radius 3 is 2.28 bits per heavy atom. The number of aromatic nitrogens is 3. The predicted molar refractivity (Wildman–Crippen MR) is 222 cm³/mol. The van der Waals surface area contributed by atoms with Crippen LogP contribution in [0.25, 0.3) is 11.4 Å². The first-order valence-corrected chi connectivity index (χ1v) is 20.5. The standard InChI is InChI=1S/C44H43ClF3N7O6/c45-36-24-27(23-35(38(36)49)44(46,47)48)25-37(61-43(59)54-17-15-33(16-18-54)55-42(58)50-39(51-55)29-5-2-1-3-6-29)40(56)53-21-19-52(20-22-53)32-12-9-30(10-13-32)41(57)60-34-14-11-28-7-4-8-31(28)26-34/h1-3,5-6,9-14,23-24,26,33,37H,4,7-8,15-22,25,49H2,(H,50,51,58)/t37-/m1/s1. The van der Waals surface area contributed by atoms with Crippen LogP contribution in [0.2, 0.25) is 5.02 Å². The average molecular weight is 858 g/mol. The van der Waals surface area contributed by atoms with Crippen molar-refractivity contribution < 1.29 is 37.0 Å². The minimum atomic E-state index is -4.82. The van der Waals surface area contributed by atoms with Gasteiger partial charge < -0.3 is 29.9 Å². The highest BCUT2D eigenvalue weighted by Crippen LogP contribution is 2.38. The van der Waals surface area contributed by atoms with Gasteiger partial charge in [-0.15, -0.1) is 5.10 Å². The number of piperidine rings is 1. The molecule has 61 heavy (non-hydrogen) atoms. The van der Waals surface area contributed by atoms with E-state index in [2.05, 4.69) is 10.1 Å². The van der Waals surface area contributed by atoms with Gasteiger partial charge in [-0.25, -0.2) is 19.1 Å². The Morgan fingerprint density at radius 1 is 0.869 bits per heavy atom. The molecule has 0 spiro atoms. The van der Waals surface area contributed by atoms with Gasteiger partial charge in [0.15, 0.2) is 11.9 Å². The SMILES string of the molecule is Nc1c(Cl)cc(C[C@@H](OC(=O)N2CCC(n3nc(-c4ccccc4)[nH]c3=O)CC2)C(=O)N2CCN(c3ccc(C(=O)Oc4ccc5c(c4)CCC5)cc3)CC2)cc1C(F)(F)F. The lowest BCUT2D eigenvalue weighted by atomic mass is 10.0. The molecule has 0 radical (unpaired) electrons. The van der Waals surface area contributed by atoms with Crippen LogP contribution in [0.3, 0.4) is 0 Å². The lowest BCUT2D eigenvalue weighted by Gasteiger charge is -2.38. The Bertz CT molecular complexity index is 2480. The van der Waals surface area contributed by atoms with Crippen LogP contribution in [0.5, 0.6) is 5.75 Å². The van der Waals surface area contributed by atoms with Crippen LogP contribution in [0.15, 0.2) is 89.7 Å². The molecule has 8 rings (SSSR count). The van der Waals surface area contributed by atoms with Gasteiger partial charge in [0.05, 0.1) is 27.9 Å². The normalized spacial score (nSPS) is 16.3. The van der Waals surface area contributed by atoms with Crippen LogP contribution in [-0.2, 0) is 35.0 Å². The summed E-state index contributed by atoms with van der Waals surface area (Å²) in [7, 11) is 0. The Labute approximate surface area is 353 Å². The number of fused-ring (bicyclic) bond motifs is 1. The van der Waals surface area contributed by atoms with Crippen molar-refractivity contribution in [1.82, 2.24) is 24.6 Å². The van der Waals surface area contributed by atoms with Gasteiger partial charge in [-0.2, -0.15) is 13.2 Å². The van der Waals surface area contributed by atoms with Gasteiger partial charge in [0.2, 0.25) is 0 Å². The number of halogens is 4. The summed E-state index contributed by atoms with van der Waals surface area (Å²) in [5.41, 5.74) is 7.94. The molecule has 3 heterocycles. The summed E-state index contributed by atoms with van der Waals surface area (Å²) >= 11 is 6.13. The van der Waals surface area contributed by atoms with Crippen molar-refractivity contribution in [3.05, 3.63) is 128 Å².